The molecule has 23 heavy (non-hydrogen) atoms. The second-order valence-corrected chi connectivity index (χ2v) is 6.41. The van der Waals surface area contributed by atoms with Gasteiger partial charge in [0.2, 0.25) is 5.91 Å². The molecular formula is C14H22N2O6S. The maximum Gasteiger partial charge on any atom is 0.335 e. The molecule has 1 saturated heterocycles. The second kappa shape index (κ2) is 9.49. The summed E-state index contributed by atoms with van der Waals surface area (Å²) in [5.74, 6) is -1.73. The topological polar surface area (TPSA) is 113 Å². The molecule has 1 N–H and O–H groups in total. The molecule has 1 heterocycles. The lowest BCUT2D eigenvalue weighted by atomic mass is 10.1. The number of rotatable bonds is 9. The predicted octanol–water partition coefficient (Wildman–Crippen LogP) is 1.13. The van der Waals surface area contributed by atoms with Crippen molar-refractivity contribution in [2.24, 2.45) is 11.1 Å². The number of carboxylic acids is 1. The molecule has 3 unspecified atom stereocenters. The molecule has 0 aromatic heterocycles. The summed E-state index contributed by atoms with van der Waals surface area (Å²) in [6.45, 7) is 3.98. The summed E-state index contributed by atoms with van der Waals surface area (Å²) in [5, 5.41) is 11.9. The summed E-state index contributed by atoms with van der Waals surface area (Å²) in [6.07, 6.45) is 1.16. The molecule has 0 aliphatic carbocycles. The number of nitrogens with zero attached hydrogens (tertiary/aromatic N) is 2. The maximum absolute atomic E-state index is 12.3. The van der Waals surface area contributed by atoms with Gasteiger partial charge in [0.25, 0.3) is 0 Å². The van der Waals surface area contributed by atoms with Crippen LogP contribution in [0.5, 0.6) is 0 Å². The molecule has 8 nitrogen and oxygen atoms in total. The van der Waals surface area contributed by atoms with Gasteiger partial charge in [-0.15, -0.1) is 4.91 Å². The van der Waals surface area contributed by atoms with E-state index in [2.05, 4.69) is 5.18 Å². The number of likely N-dealkylation sites (tertiary alicyclic amines) is 1. The number of nitroso groups, excluding NO2 is 1. The van der Waals surface area contributed by atoms with Gasteiger partial charge in [-0.05, 0) is 19.8 Å². The number of carboxylic acid groups (broad SMARTS) is 1. The number of hydrogen-bond donors (Lipinski definition) is 1. The van der Waals surface area contributed by atoms with E-state index >= 15 is 0 Å². The van der Waals surface area contributed by atoms with Gasteiger partial charge in [-0.3, -0.25) is 4.79 Å². The molecule has 0 bridgehead atoms. The summed E-state index contributed by atoms with van der Waals surface area (Å²) in [6, 6.07) is -1.83. The van der Waals surface area contributed by atoms with Gasteiger partial charge >= 0.3 is 11.9 Å². The average molecular weight is 346 g/mol. The number of ether oxygens (including phenoxy) is 1. The fourth-order valence-electron chi connectivity index (χ4n) is 2.38. The Morgan fingerprint density at radius 3 is 2.65 bits per heavy atom. The van der Waals surface area contributed by atoms with Gasteiger partial charge < -0.3 is 14.7 Å². The summed E-state index contributed by atoms with van der Waals surface area (Å²) in [5.41, 5.74) is 0. The second-order valence-electron chi connectivity index (χ2n) is 5.34. The zero-order valence-electron chi connectivity index (χ0n) is 13.3. The van der Waals surface area contributed by atoms with Crippen LogP contribution < -0.4 is 0 Å². The maximum atomic E-state index is 12.3. The highest BCUT2D eigenvalue weighted by Gasteiger charge is 2.35. The van der Waals surface area contributed by atoms with Crippen molar-refractivity contribution in [3.63, 3.8) is 0 Å². The van der Waals surface area contributed by atoms with Gasteiger partial charge in [-0.25, -0.2) is 9.59 Å². The van der Waals surface area contributed by atoms with Crippen LogP contribution in [-0.2, 0) is 19.1 Å². The number of esters is 1. The smallest absolute Gasteiger partial charge is 0.335 e. The van der Waals surface area contributed by atoms with E-state index in [1.807, 2.05) is 0 Å². The molecule has 0 saturated carbocycles. The molecule has 0 aromatic carbocycles. The molecule has 0 aromatic rings. The summed E-state index contributed by atoms with van der Waals surface area (Å²) >= 11 is 1.26. The standard InChI is InChI=1S/C14H22N2O6S/c1-3-22-14(20)10(15-21)8-23-7-9(2)12(17)16-6-4-5-11(16)13(18)19/h9-11H,3-8H2,1-2H3,(H,18,19). The van der Waals surface area contributed by atoms with E-state index in [9.17, 15) is 19.3 Å². The number of aliphatic carboxylic acids is 1. The van der Waals surface area contributed by atoms with E-state index in [-0.39, 0.29) is 18.3 Å². The molecule has 9 heteroatoms. The molecule has 3 atom stereocenters. The third kappa shape index (κ3) is 5.49. The van der Waals surface area contributed by atoms with E-state index in [0.717, 1.165) is 0 Å². The molecule has 1 fully saturated rings. The quantitative estimate of drug-likeness (QED) is 0.492. The van der Waals surface area contributed by atoms with Crippen LogP contribution in [-0.4, -0.2) is 64.6 Å². The largest absolute Gasteiger partial charge is 0.480 e. The van der Waals surface area contributed by atoms with Crippen molar-refractivity contribution in [3.8, 4) is 0 Å². The van der Waals surface area contributed by atoms with Crippen molar-refractivity contribution >= 4 is 29.6 Å². The van der Waals surface area contributed by atoms with Crippen molar-refractivity contribution in [1.82, 2.24) is 4.90 Å². The van der Waals surface area contributed by atoms with E-state index in [0.29, 0.717) is 25.1 Å². The Balaban J connectivity index is 2.45. The Morgan fingerprint density at radius 2 is 2.09 bits per heavy atom. The third-order valence-electron chi connectivity index (χ3n) is 3.57. The minimum Gasteiger partial charge on any atom is -0.480 e. The van der Waals surface area contributed by atoms with Crippen LogP contribution in [0.4, 0.5) is 0 Å². The third-order valence-corrected chi connectivity index (χ3v) is 4.86. The average Bonchev–Trinajstić information content (AvgIpc) is 3.00. The van der Waals surface area contributed by atoms with Crippen molar-refractivity contribution in [2.75, 3.05) is 24.7 Å². The summed E-state index contributed by atoms with van der Waals surface area (Å²) in [7, 11) is 0. The Bertz CT molecular complexity index is 459. The van der Waals surface area contributed by atoms with E-state index in [1.165, 1.54) is 16.7 Å². The van der Waals surface area contributed by atoms with Crippen molar-refractivity contribution in [2.45, 2.75) is 38.8 Å². The van der Waals surface area contributed by atoms with Crippen molar-refractivity contribution in [1.29, 1.82) is 0 Å². The molecule has 1 aliphatic rings. The Morgan fingerprint density at radius 1 is 1.39 bits per heavy atom. The van der Waals surface area contributed by atoms with Crippen LogP contribution in [0.2, 0.25) is 0 Å². The first kappa shape index (κ1) is 19.4. The number of hydrogen-bond acceptors (Lipinski definition) is 7. The Kier molecular flexibility index (Phi) is 8.01. The molecule has 1 aliphatic heterocycles. The highest BCUT2D eigenvalue weighted by Crippen LogP contribution is 2.22. The summed E-state index contributed by atoms with van der Waals surface area (Å²) < 4.78 is 4.74. The highest BCUT2D eigenvalue weighted by molar-refractivity contribution is 7.99. The summed E-state index contributed by atoms with van der Waals surface area (Å²) in [4.78, 5) is 46.9. The Labute approximate surface area is 138 Å². The van der Waals surface area contributed by atoms with Gasteiger partial charge in [0.1, 0.15) is 6.04 Å². The van der Waals surface area contributed by atoms with Crippen LogP contribution in [0.15, 0.2) is 5.18 Å². The molecule has 1 amide bonds. The molecular weight excluding hydrogens is 324 g/mol. The first-order valence-electron chi connectivity index (χ1n) is 7.52. The lowest BCUT2D eigenvalue weighted by Crippen LogP contribution is -2.43. The first-order valence-corrected chi connectivity index (χ1v) is 8.67. The number of carbonyl (C=O) groups is 3. The SMILES string of the molecule is CCOC(=O)C(CSCC(C)C(=O)N1CCCC1C(=O)O)N=O. The van der Waals surface area contributed by atoms with Crippen LogP contribution in [0.25, 0.3) is 0 Å². The van der Waals surface area contributed by atoms with Gasteiger partial charge in [-0.1, -0.05) is 12.1 Å². The van der Waals surface area contributed by atoms with Crippen LogP contribution in [0.3, 0.4) is 0 Å². The van der Waals surface area contributed by atoms with Crippen LogP contribution in [0, 0.1) is 10.8 Å². The van der Waals surface area contributed by atoms with Crippen LogP contribution in [0.1, 0.15) is 26.7 Å². The monoisotopic (exact) mass is 346 g/mol. The van der Waals surface area contributed by atoms with Gasteiger partial charge in [0, 0.05) is 24.0 Å². The van der Waals surface area contributed by atoms with E-state index in [4.69, 9.17) is 9.84 Å². The van der Waals surface area contributed by atoms with Crippen LogP contribution >= 0.6 is 11.8 Å². The zero-order valence-corrected chi connectivity index (χ0v) is 14.1. The van der Waals surface area contributed by atoms with E-state index in [1.54, 1.807) is 13.8 Å². The van der Waals surface area contributed by atoms with Gasteiger partial charge in [-0.2, -0.15) is 11.8 Å². The fourth-order valence-corrected chi connectivity index (χ4v) is 3.43. The lowest BCUT2D eigenvalue weighted by Gasteiger charge is -2.24. The van der Waals surface area contributed by atoms with Gasteiger partial charge in [0.05, 0.1) is 6.61 Å². The molecule has 0 spiro atoms. The fraction of sp³-hybridized carbons (Fsp3) is 0.786. The van der Waals surface area contributed by atoms with Crippen molar-refractivity contribution in [3.05, 3.63) is 4.91 Å². The molecule has 1 rings (SSSR count). The van der Waals surface area contributed by atoms with E-state index < -0.39 is 29.9 Å². The normalized spacial score (nSPS) is 19.9. The Hall–Kier alpha value is -1.64. The minimum atomic E-state index is -1.08. The minimum absolute atomic E-state index is 0.141. The van der Waals surface area contributed by atoms with Gasteiger partial charge in [0.15, 0.2) is 6.04 Å². The zero-order chi connectivity index (χ0) is 17.4. The van der Waals surface area contributed by atoms with Crippen molar-refractivity contribution < 1.29 is 24.2 Å². The number of carbonyl (C=O) groups excluding carboxylic acids is 2. The number of thioether (sulfide) groups is 1. The number of amides is 1. The lowest BCUT2D eigenvalue weighted by molar-refractivity contribution is -0.149. The first-order chi connectivity index (χ1) is 10.9. The molecule has 0 radical (unpaired) electrons. The predicted molar refractivity (Wildman–Crippen MR) is 85.1 cm³/mol. The highest BCUT2D eigenvalue weighted by atomic mass is 32.2. The molecule has 130 valence electrons.